The van der Waals surface area contributed by atoms with E-state index in [9.17, 15) is 0 Å². The van der Waals surface area contributed by atoms with E-state index in [1.165, 1.54) is 0 Å². The second kappa shape index (κ2) is 2.44. The Bertz CT molecular complexity index is 351. The van der Waals surface area contributed by atoms with Gasteiger partial charge in [0, 0.05) is 6.07 Å². The van der Waals surface area contributed by atoms with Gasteiger partial charge in [-0.1, -0.05) is 5.16 Å². The molecule has 62 valence electrons. The van der Waals surface area contributed by atoms with Gasteiger partial charge in [-0.25, -0.2) is 4.98 Å². The lowest BCUT2D eigenvalue weighted by atomic mass is 10.4. The highest BCUT2D eigenvalue weighted by molar-refractivity contribution is 5.47. The van der Waals surface area contributed by atoms with Crippen LogP contribution in [0.25, 0.3) is 11.5 Å². The smallest absolute Gasteiger partial charge is 0.203 e. The van der Waals surface area contributed by atoms with Crippen LogP contribution >= 0.6 is 0 Å². The Labute approximate surface area is 68.8 Å². The summed E-state index contributed by atoms with van der Waals surface area (Å²) in [5.74, 6) is 2.10. The maximum atomic E-state index is 4.88. The minimum Gasteiger partial charge on any atom is -0.361 e. The van der Waals surface area contributed by atoms with Crippen molar-refractivity contribution in [1.82, 2.24) is 20.3 Å². The molecular formula is C7H8N4O. The molecule has 0 aliphatic heterocycles. The van der Waals surface area contributed by atoms with Gasteiger partial charge in [0.2, 0.25) is 5.82 Å². The first kappa shape index (κ1) is 7.02. The van der Waals surface area contributed by atoms with E-state index in [1.807, 2.05) is 13.8 Å². The van der Waals surface area contributed by atoms with Crippen molar-refractivity contribution in [1.29, 1.82) is 0 Å². The van der Waals surface area contributed by atoms with Crippen molar-refractivity contribution in [2.75, 3.05) is 0 Å². The molecule has 2 aromatic heterocycles. The molecular weight excluding hydrogens is 156 g/mol. The summed E-state index contributed by atoms with van der Waals surface area (Å²) >= 11 is 0. The lowest BCUT2D eigenvalue weighted by molar-refractivity contribution is 0.399. The van der Waals surface area contributed by atoms with Crippen LogP contribution in [0.3, 0.4) is 0 Å². The fourth-order valence-electron chi connectivity index (χ4n) is 0.929. The average molecular weight is 164 g/mol. The van der Waals surface area contributed by atoms with E-state index in [1.54, 1.807) is 6.07 Å². The van der Waals surface area contributed by atoms with Crippen molar-refractivity contribution >= 4 is 0 Å². The lowest BCUT2D eigenvalue weighted by Crippen LogP contribution is -1.78. The van der Waals surface area contributed by atoms with Crippen molar-refractivity contribution in [3.05, 3.63) is 17.7 Å². The molecule has 1 N–H and O–H groups in total. The second-order valence-electron chi connectivity index (χ2n) is 2.57. The zero-order chi connectivity index (χ0) is 8.55. The van der Waals surface area contributed by atoms with E-state index in [0.29, 0.717) is 11.5 Å². The molecule has 0 spiro atoms. The molecule has 0 radical (unpaired) electrons. The van der Waals surface area contributed by atoms with E-state index in [2.05, 4.69) is 20.3 Å². The van der Waals surface area contributed by atoms with Crippen LogP contribution in [-0.4, -0.2) is 20.3 Å². The number of hydrogen-bond acceptors (Lipinski definition) is 4. The van der Waals surface area contributed by atoms with Crippen LogP contribution in [0.4, 0.5) is 0 Å². The van der Waals surface area contributed by atoms with Gasteiger partial charge >= 0.3 is 0 Å². The highest BCUT2D eigenvalue weighted by atomic mass is 16.5. The number of aromatic nitrogens is 4. The third kappa shape index (κ3) is 1.09. The maximum absolute atomic E-state index is 4.88. The minimum atomic E-state index is 0.573. The number of nitrogens with one attached hydrogen (secondary N) is 1. The summed E-state index contributed by atoms with van der Waals surface area (Å²) in [7, 11) is 0. The summed E-state index contributed by atoms with van der Waals surface area (Å²) < 4.78 is 4.88. The molecule has 0 saturated carbocycles. The van der Waals surface area contributed by atoms with E-state index < -0.39 is 0 Å². The van der Waals surface area contributed by atoms with Gasteiger partial charge in [0.1, 0.15) is 11.6 Å². The fourth-order valence-corrected chi connectivity index (χ4v) is 0.929. The fraction of sp³-hybridized carbons (Fsp3) is 0.286. The molecule has 0 saturated heterocycles. The highest BCUT2D eigenvalue weighted by Gasteiger charge is 2.07. The molecule has 2 aromatic rings. The van der Waals surface area contributed by atoms with Crippen molar-refractivity contribution < 1.29 is 4.52 Å². The third-order valence-corrected chi connectivity index (χ3v) is 1.45. The molecule has 5 nitrogen and oxygen atoms in total. The largest absolute Gasteiger partial charge is 0.361 e. The average Bonchev–Trinajstić information content (AvgIpc) is 2.58. The Kier molecular flexibility index (Phi) is 1.43. The van der Waals surface area contributed by atoms with Gasteiger partial charge in [0.05, 0.1) is 0 Å². The molecule has 0 aliphatic rings. The van der Waals surface area contributed by atoms with Gasteiger partial charge in [-0.3, -0.25) is 5.10 Å². The van der Waals surface area contributed by atoms with Crippen molar-refractivity contribution in [3.63, 3.8) is 0 Å². The first-order valence-electron chi connectivity index (χ1n) is 3.58. The van der Waals surface area contributed by atoms with Crippen molar-refractivity contribution in [2.24, 2.45) is 0 Å². The molecule has 5 heteroatoms. The van der Waals surface area contributed by atoms with E-state index in [0.717, 1.165) is 11.6 Å². The Hall–Kier alpha value is -1.65. The first-order chi connectivity index (χ1) is 5.75. The number of rotatable bonds is 1. The minimum absolute atomic E-state index is 0.573. The normalized spacial score (nSPS) is 10.5. The summed E-state index contributed by atoms with van der Waals surface area (Å²) in [4.78, 5) is 4.11. The van der Waals surface area contributed by atoms with Gasteiger partial charge in [0.15, 0.2) is 5.69 Å². The van der Waals surface area contributed by atoms with Crippen molar-refractivity contribution in [3.8, 4) is 11.5 Å². The predicted molar refractivity (Wildman–Crippen MR) is 41.4 cm³/mol. The molecule has 0 fully saturated rings. The molecule has 0 aliphatic carbocycles. The second-order valence-corrected chi connectivity index (χ2v) is 2.57. The van der Waals surface area contributed by atoms with Crippen LogP contribution in [0, 0.1) is 13.8 Å². The third-order valence-electron chi connectivity index (χ3n) is 1.45. The Balaban J connectivity index is 2.43. The molecule has 0 aromatic carbocycles. The molecule has 12 heavy (non-hydrogen) atoms. The summed E-state index contributed by atoms with van der Waals surface area (Å²) in [5, 5.41) is 10.5. The van der Waals surface area contributed by atoms with Crippen molar-refractivity contribution in [2.45, 2.75) is 13.8 Å². The molecule has 2 heterocycles. The molecule has 0 bridgehead atoms. The van der Waals surface area contributed by atoms with Crippen LogP contribution in [0.5, 0.6) is 0 Å². The van der Waals surface area contributed by atoms with Crippen LogP contribution in [-0.2, 0) is 0 Å². The first-order valence-corrected chi connectivity index (χ1v) is 3.58. The molecule has 2 rings (SSSR count). The number of aromatic amines is 1. The number of aryl methyl sites for hydroxylation is 2. The van der Waals surface area contributed by atoms with Gasteiger partial charge in [-0.05, 0) is 13.8 Å². The zero-order valence-electron chi connectivity index (χ0n) is 6.83. The van der Waals surface area contributed by atoms with E-state index in [-0.39, 0.29) is 0 Å². The summed E-state index contributed by atoms with van der Waals surface area (Å²) in [6.45, 7) is 3.67. The van der Waals surface area contributed by atoms with E-state index >= 15 is 0 Å². The van der Waals surface area contributed by atoms with Crippen LogP contribution < -0.4 is 0 Å². The summed E-state index contributed by atoms with van der Waals surface area (Å²) in [6, 6.07) is 1.79. The Morgan fingerprint density at radius 1 is 1.42 bits per heavy atom. The lowest BCUT2D eigenvalue weighted by Gasteiger charge is -1.79. The van der Waals surface area contributed by atoms with Gasteiger partial charge < -0.3 is 4.52 Å². The Morgan fingerprint density at radius 2 is 2.25 bits per heavy atom. The number of hydrogen-bond donors (Lipinski definition) is 1. The van der Waals surface area contributed by atoms with Crippen LogP contribution in [0.15, 0.2) is 10.6 Å². The SMILES string of the molecule is Cc1nc(-c2cc(C)on2)n[nH]1. The quantitative estimate of drug-likeness (QED) is 0.684. The molecule has 0 atom stereocenters. The Morgan fingerprint density at radius 3 is 2.75 bits per heavy atom. The van der Waals surface area contributed by atoms with Crippen LogP contribution in [0.2, 0.25) is 0 Å². The van der Waals surface area contributed by atoms with Gasteiger partial charge in [-0.15, -0.1) is 0 Å². The number of H-pyrrole nitrogens is 1. The summed E-state index contributed by atoms with van der Waals surface area (Å²) in [6.07, 6.45) is 0. The van der Waals surface area contributed by atoms with Crippen LogP contribution in [0.1, 0.15) is 11.6 Å². The standard InChI is InChI=1S/C7H8N4O/c1-4-3-6(11-12-4)7-8-5(2)9-10-7/h3H,1-2H3,(H,8,9,10). The highest BCUT2D eigenvalue weighted by Crippen LogP contribution is 2.13. The monoisotopic (exact) mass is 164 g/mol. The molecule has 0 amide bonds. The zero-order valence-corrected chi connectivity index (χ0v) is 6.83. The van der Waals surface area contributed by atoms with Gasteiger partial charge in [0.25, 0.3) is 0 Å². The maximum Gasteiger partial charge on any atom is 0.203 e. The predicted octanol–water partition coefficient (Wildman–Crippen LogP) is 1.08. The topological polar surface area (TPSA) is 67.6 Å². The molecule has 0 unspecified atom stereocenters. The van der Waals surface area contributed by atoms with Gasteiger partial charge in [-0.2, -0.15) is 5.10 Å². The number of nitrogens with zero attached hydrogens (tertiary/aromatic N) is 3. The summed E-state index contributed by atoms with van der Waals surface area (Å²) in [5.41, 5.74) is 0.664. The van der Waals surface area contributed by atoms with E-state index in [4.69, 9.17) is 4.52 Å².